The molecule has 0 fully saturated rings. The van der Waals surface area contributed by atoms with Gasteiger partial charge in [-0.2, -0.15) is 0 Å². The number of nitrogens with one attached hydrogen (secondary N) is 1. The highest BCUT2D eigenvalue weighted by atomic mass is 32.1. The summed E-state index contributed by atoms with van der Waals surface area (Å²) in [5.41, 5.74) is 1.69. The summed E-state index contributed by atoms with van der Waals surface area (Å²) in [7, 11) is 0. The predicted octanol–water partition coefficient (Wildman–Crippen LogP) is 3.83. The predicted molar refractivity (Wildman–Crippen MR) is 103 cm³/mol. The van der Waals surface area contributed by atoms with Crippen molar-refractivity contribution in [3.05, 3.63) is 87.9 Å². The zero-order valence-corrected chi connectivity index (χ0v) is 15.3. The Morgan fingerprint density at radius 2 is 2.07 bits per heavy atom. The number of hydrogen-bond donors (Lipinski definition) is 2. The number of imidazole rings is 1. The van der Waals surface area contributed by atoms with Gasteiger partial charge in [0, 0.05) is 21.6 Å². The fraction of sp³-hybridized carbons (Fsp3) is 0.143. The van der Waals surface area contributed by atoms with Crippen LogP contribution in [0.1, 0.15) is 39.3 Å². The number of H-pyrrole nitrogens is 1. The standard InChI is InChI=1S/C21H16N3O2S/c1-13(19-7-4-10-27-19)24-20(25)15-5-2-3-6-16(15)21(24,26)14-8-9-17-18(11-14)23-12-22-17/h2-11,13,26H,1H3,(H,22,23). The number of hydrogen-bond acceptors (Lipinski definition) is 4. The third-order valence-electron chi connectivity index (χ3n) is 5.21. The lowest BCUT2D eigenvalue weighted by molar-refractivity contribution is -0.0670. The molecule has 2 unspecified atom stereocenters. The van der Waals surface area contributed by atoms with E-state index in [4.69, 9.17) is 0 Å². The summed E-state index contributed by atoms with van der Waals surface area (Å²) >= 11 is 1.57. The van der Waals surface area contributed by atoms with Crippen LogP contribution in [0.25, 0.3) is 11.0 Å². The molecule has 0 saturated carbocycles. The Bertz CT molecular complexity index is 1150. The van der Waals surface area contributed by atoms with Gasteiger partial charge in [-0.1, -0.05) is 30.3 Å². The molecule has 2 atom stereocenters. The van der Waals surface area contributed by atoms with Crippen molar-refractivity contribution in [2.24, 2.45) is 0 Å². The largest absolute Gasteiger partial charge is 0.363 e. The average molecular weight is 374 g/mol. The Morgan fingerprint density at radius 1 is 1.22 bits per heavy atom. The molecule has 5 nitrogen and oxygen atoms in total. The van der Waals surface area contributed by atoms with Crippen molar-refractivity contribution >= 4 is 28.3 Å². The summed E-state index contributed by atoms with van der Waals surface area (Å²) in [5.74, 6) is -0.178. The highest BCUT2D eigenvalue weighted by Crippen LogP contribution is 2.47. The van der Waals surface area contributed by atoms with Crippen molar-refractivity contribution < 1.29 is 9.90 Å². The molecule has 2 N–H and O–H groups in total. The summed E-state index contributed by atoms with van der Waals surface area (Å²) in [6.45, 7) is 1.95. The maximum Gasteiger partial charge on any atom is 0.257 e. The zero-order valence-electron chi connectivity index (χ0n) is 14.5. The molecule has 0 bridgehead atoms. The van der Waals surface area contributed by atoms with E-state index in [0.29, 0.717) is 22.2 Å². The molecule has 2 aromatic carbocycles. The maximum absolute atomic E-state index is 13.3. The van der Waals surface area contributed by atoms with Gasteiger partial charge >= 0.3 is 0 Å². The van der Waals surface area contributed by atoms with Gasteiger partial charge in [0.05, 0.1) is 17.1 Å². The second-order valence-electron chi connectivity index (χ2n) is 6.66. The SMILES string of the molecule is CC(c1cccs1)N1C(=O)c2ccccc2C1(O)c1ccc2[nH][c]nc2c1. The normalized spacial score (nSPS) is 20.2. The molecule has 6 heteroatoms. The molecule has 1 aliphatic rings. The van der Waals surface area contributed by atoms with Crippen molar-refractivity contribution in [2.75, 3.05) is 0 Å². The Morgan fingerprint density at radius 3 is 2.89 bits per heavy atom. The highest BCUT2D eigenvalue weighted by molar-refractivity contribution is 7.10. The smallest absolute Gasteiger partial charge is 0.257 e. The van der Waals surface area contributed by atoms with E-state index in [1.165, 1.54) is 0 Å². The van der Waals surface area contributed by atoms with Crippen LogP contribution in [0.3, 0.4) is 0 Å². The first-order valence-electron chi connectivity index (χ1n) is 8.66. The van der Waals surface area contributed by atoms with Crippen molar-refractivity contribution in [3.8, 4) is 0 Å². The lowest BCUT2D eigenvalue weighted by atomic mass is 9.93. The molecule has 133 valence electrons. The van der Waals surface area contributed by atoms with Crippen LogP contribution in [0.5, 0.6) is 0 Å². The minimum atomic E-state index is -1.57. The number of aromatic amines is 1. The lowest BCUT2D eigenvalue weighted by Crippen LogP contribution is -2.45. The number of fused-ring (bicyclic) bond motifs is 2. The summed E-state index contributed by atoms with van der Waals surface area (Å²) in [6.07, 6.45) is 2.72. The number of benzene rings is 2. The van der Waals surface area contributed by atoms with Crippen LogP contribution in [0.15, 0.2) is 60.0 Å². The highest BCUT2D eigenvalue weighted by Gasteiger charge is 2.52. The van der Waals surface area contributed by atoms with Gasteiger partial charge in [0.1, 0.15) is 0 Å². The molecule has 3 heterocycles. The monoisotopic (exact) mass is 374 g/mol. The molecular formula is C21H16N3O2S. The molecule has 5 rings (SSSR count). The number of aromatic nitrogens is 2. The van der Waals surface area contributed by atoms with Crippen molar-refractivity contribution in [1.29, 1.82) is 0 Å². The first-order valence-corrected chi connectivity index (χ1v) is 9.54. The Hall–Kier alpha value is -2.96. The molecule has 2 aromatic heterocycles. The topological polar surface area (TPSA) is 69.2 Å². The quantitative estimate of drug-likeness (QED) is 0.573. The average Bonchev–Trinajstić information content (AvgIpc) is 3.41. The zero-order chi connectivity index (χ0) is 18.6. The fourth-order valence-electron chi connectivity index (χ4n) is 3.88. The van der Waals surface area contributed by atoms with Crippen molar-refractivity contribution in [2.45, 2.75) is 18.7 Å². The lowest BCUT2D eigenvalue weighted by Gasteiger charge is -2.38. The van der Waals surface area contributed by atoms with Crippen molar-refractivity contribution in [3.63, 3.8) is 0 Å². The van der Waals surface area contributed by atoms with E-state index < -0.39 is 5.72 Å². The van der Waals surface area contributed by atoms with Gasteiger partial charge < -0.3 is 10.1 Å². The third-order valence-corrected chi connectivity index (χ3v) is 6.25. The number of carbonyl (C=O) groups excluding carboxylic acids is 1. The first kappa shape index (κ1) is 16.2. The number of amides is 1. The van der Waals surface area contributed by atoms with Crippen LogP contribution >= 0.6 is 11.3 Å². The van der Waals surface area contributed by atoms with E-state index in [2.05, 4.69) is 16.3 Å². The van der Waals surface area contributed by atoms with Crippen LogP contribution in [-0.4, -0.2) is 25.9 Å². The molecule has 27 heavy (non-hydrogen) atoms. The van der Waals surface area contributed by atoms with Crippen molar-refractivity contribution in [1.82, 2.24) is 14.9 Å². The number of thiophene rings is 1. The number of rotatable bonds is 3. The number of aliphatic hydroxyl groups is 1. The van der Waals surface area contributed by atoms with Crippen LogP contribution in [0.2, 0.25) is 0 Å². The summed E-state index contributed by atoms with van der Waals surface area (Å²) in [4.78, 5) is 23.0. The van der Waals surface area contributed by atoms with E-state index in [1.807, 2.05) is 60.8 Å². The Kier molecular flexibility index (Phi) is 3.47. The van der Waals surface area contributed by atoms with Gasteiger partial charge in [0.25, 0.3) is 5.91 Å². The Labute approximate surface area is 159 Å². The van der Waals surface area contributed by atoms with E-state index >= 15 is 0 Å². The molecule has 1 aliphatic heterocycles. The van der Waals surface area contributed by atoms with Crippen LogP contribution in [-0.2, 0) is 5.72 Å². The van der Waals surface area contributed by atoms with E-state index in [0.717, 1.165) is 10.4 Å². The van der Waals surface area contributed by atoms with Gasteiger partial charge in [-0.25, -0.2) is 4.98 Å². The minimum Gasteiger partial charge on any atom is -0.363 e. The van der Waals surface area contributed by atoms with Gasteiger partial charge in [-0.05, 0) is 36.6 Å². The molecule has 0 spiro atoms. The molecule has 0 aliphatic carbocycles. The van der Waals surface area contributed by atoms with Gasteiger partial charge in [-0.3, -0.25) is 9.69 Å². The fourth-order valence-corrected chi connectivity index (χ4v) is 4.66. The maximum atomic E-state index is 13.3. The third kappa shape index (κ3) is 2.20. The van der Waals surface area contributed by atoms with Crippen LogP contribution in [0.4, 0.5) is 0 Å². The van der Waals surface area contributed by atoms with E-state index in [1.54, 1.807) is 22.3 Å². The van der Waals surface area contributed by atoms with Crippen LogP contribution in [0, 0.1) is 6.33 Å². The second-order valence-corrected chi connectivity index (χ2v) is 7.64. The second kappa shape index (κ2) is 5.77. The van der Waals surface area contributed by atoms with Gasteiger partial charge in [-0.15, -0.1) is 11.3 Å². The van der Waals surface area contributed by atoms with Gasteiger partial charge in [0.2, 0.25) is 0 Å². The summed E-state index contributed by atoms with van der Waals surface area (Å²) in [5, 5.41) is 13.9. The molecule has 1 amide bonds. The number of carbonyl (C=O) groups is 1. The van der Waals surface area contributed by atoms with Gasteiger partial charge in [0.15, 0.2) is 12.1 Å². The van der Waals surface area contributed by atoms with E-state index in [9.17, 15) is 9.90 Å². The molecule has 4 aromatic rings. The first-order chi connectivity index (χ1) is 13.1. The Balaban J connectivity index is 1.75. The van der Waals surface area contributed by atoms with E-state index in [-0.39, 0.29) is 11.9 Å². The van der Waals surface area contributed by atoms with Crippen LogP contribution < -0.4 is 0 Å². The molecular weight excluding hydrogens is 358 g/mol. The number of nitrogens with zero attached hydrogens (tertiary/aromatic N) is 2. The molecule has 0 saturated heterocycles. The minimum absolute atomic E-state index is 0.178. The summed E-state index contributed by atoms with van der Waals surface area (Å²) in [6, 6.07) is 16.4. The molecule has 1 radical (unpaired) electrons. The summed E-state index contributed by atoms with van der Waals surface area (Å²) < 4.78 is 0.